The first-order chi connectivity index (χ1) is 9.63. The van der Waals surface area contributed by atoms with Crippen molar-refractivity contribution in [3.63, 3.8) is 0 Å². The van der Waals surface area contributed by atoms with Crippen molar-refractivity contribution in [3.05, 3.63) is 29.2 Å². The quantitative estimate of drug-likeness (QED) is 0.854. The molecule has 108 valence electrons. The monoisotopic (exact) mass is 275 g/mol. The van der Waals surface area contributed by atoms with Crippen LogP contribution in [0.1, 0.15) is 42.0 Å². The van der Waals surface area contributed by atoms with E-state index < -0.39 is 0 Å². The minimum atomic E-state index is 0.296. The summed E-state index contributed by atoms with van der Waals surface area (Å²) in [5, 5.41) is 8.59. The number of aryl methyl sites for hydroxylation is 3. The van der Waals surface area contributed by atoms with Crippen molar-refractivity contribution in [2.24, 2.45) is 0 Å². The molecular weight excluding hydrogens is 254 g/mol. The Morgan fingerprint density at radius 2 is 2.15 bits per heavy atom. The van der Waals surface area contributed by atoms with Gasteiger partial charge in [-0.1, -0.05) is 5.16 Å². The zero-order chi connectivity index (χ0) is 14.1. The van der Waals surface area contributed by atoms with Crippen molar-refractivity contribution in [3.8, 4) is 0 Å². The Bertz CT molecular complexity index is 588. The molecule has 0 spiro atoms. The molecule has 0 N–H and O–H groups in total. The second-order valence-corrected chi connectivity index (χ2v) is 5.52. The van der Waals surface area contributed by atoms with Crippen LogP contribution in [0.5, 0.6) is 0 Å². The molecule has 1 atom stereocenters. The maximum absolute atomic E-state index is 5.11. The highest BCUT2D eigenvalue weighted by Crippen LogP contribution is 2.29. The van der Waals surface area contributed by atoms with Crippen molar-refractivity contribution in [2.75, 3.05) is 13.1 Å². The van der Waals surface area contributed by atoms with Crippen LogP contribution < -0.4 is 0 Å². The van der Waals surface area contributed by atoms with Crippen LogP contribution in [0.2, 0.25) is 0 Å². The molecule has 2 aromatic heterocycles. The van der Waals surface area contributed by atoms with Crippen molar-refractivity contribution < 1.29 is 4.52 Å². The van der Waals surface area contributed by atoms with Crippen LogP contribution in [0.4, 0.5) is 0 Å². The summed E-state index contributed by atoms with van der Waals surface area (Å²) < 4.78 is 7.18. The number of aromatic nitrogens is 4. The summed E-state index contributed by atoms with van der Waals surface area (Å²) in [4.78, 5) is 6.81. The lowest BCUT2D eigenvalue weighted by Crippen LogP contribution is -2.28. The van der Waals surface area contributed by atoms with E-state index >= 15 is 0 Å². The summed E-state index contributed by atoms with van der Waals surface area (Å²) >= 11 is 0. The number of hydrogen-bond donors (Lipinski definition) is 0. The second kappa shape index (κ2) is 5.36. The molecule has 3 heterocycles. The van der Waals surface area contributed by atoms with E-state index in [0.717, 1.165) is 37.6 Å². The first kappa shape index (κ1) is 13.3. The van der Waals surface area contributed by atoms with Crippen LogP contribution in [-0.2, 0) is 6.54 Å². The van der Waals surface area contributed by atoms with E-state index in [-0.39, 0.29) is 0 Å². The van der Waals surface area contributed by atoms with Crippen molar-refractivity contribution >= 4 is 0 Å². The number of hydrogen-bond acceptors (Lipinski definition) is 5. The molecule has 0 aliphatic carbocycles. The molecule has 1 saturated heterocycles. The predicted molar refractivity (Wildman–Crippen MR) is 74.3 cm³/mol. The summed E-state index contributed by atoms with van der Waals surface area (Å²) in [5.41, 5.74) is 2.29. The molecule has 20 heavy (non-hydrogen) atoms. The Hall–Kier alpha value is -1.69. The van der Waals surface area contributed by atoms with Gasteiger partial charge in [-0.3, -0.25) is 9.58 Å². The third kappa shape index (κ3) is 2.60. The molecule has 0 amide bonds. The Morgan fingerprint density at radius 3 is 2.80 bits per heavy atom. The van der Waals surface area contributed by atoms with E-state index in [2.05, 4.69) is 37.8 Å². The zero-order valence-corrected chi connectivity index (χ0v) is 12.3. The third-order valence-electron chi connectivity index (χ3n) is 3.91. The normalized spacial score (nSPS) is 19.9. The molecule has 0 aromatic carbocycles. The standard InChI is InChI=1S/C14H21N5O/c1-10-9-11(2)19(16-10)8-7-18-6-4-5-13(18)14-15-12(3)20-17-14/h9,13H,4-8H2,1-3H3/t13-/m1/s1. The average molecular weight is 275 g/mol. The minimum absolute atomic E-state index is 0.296. The van der Waals surface area contributed by atoms with Crippen molar-refractivity contribution in [1.29, 1.82) is 0 Å². The van der Waals surface area contributed by atoms with E-state index in [9.17, 15) is 0 Å². The lowest BCUT2D eigenvalue weighted by Gasteiger charge is -2.21. The highest BCUT2D eigenvalue weighted by Gasteiger charge is 2.29. The summed E-state index contributed by atoms with van der Waals surface area (Å²) in [6, 6.07) is 2.41. The molecule has 0 unspecified atom stereocenters. The number of rotatable bonds is 4. The van der Waals surface area contributed by atoms with E-state index in [1.165, 1.54) is 12.1 Å². The largest absolute Gasteiger partial charge is 0.340 e. The molecule has 2 aromatic rings. The van der Waals surface area contributed by atoms with E-state index in [1.807, 2.05) is 13.8 Å². The van der Waals surface area contributed by atoms with Gasteiger partial charge in [0.2, 0.25) is 5.89 Å². The van der Waals surface area contributed by atoms with Gasteiger partial charge in [-0.15, -0.1) is 0 Å². The van der Waals surface area contributed by atoms with E-state index in [4.69, 9.17) is 4.52 Å². The summed E-state index contributed by atoms with van der Waals surface area (Å²) in [6.07, 6.45) is 2.30. The molecule has 1 fully saturated rings. The van der Waals surface area contributed by atoms with Crippen LogP contribution >= 0.6 is 0 Å². The minimum Gasteiger partial charge on any atom is -0.340 e. The summed E-state index contributed by atoms with van der Waals surface area (Å²) in [6.45, 7) is 8.95. The van der Waals surface area contributed by atoms with Gasteiger partial charge in [-0.2, -0.15) is 10.1 Å². The Morgan fingerprint density at radius 1 is 1.30 bits per heavy atom. The number of likely N-dealkylation sites (tertiary alicyclic amines) is 1. The number of nitrogens with zero attached hydrogens (tertiary/aromatic N) is 5. The first-order valence-corrected chi connectivity index (χ1v) is 7.19. The first-order valence-electron chi connectivity index (χ1n) is 7.19. The van der Waals surface area contributed by atoms with Gasteiger partial charge in [0.05, 0.1) is 18.3 Å². The van der Waals surface area contributed by atoms with Crippen LogP contribution in [0, 0.1) is 20.8 Å². The Kier molecular flexibility index (Phi) is 3.56. The van der Waals surface area contributed by atoms with Gasteiger partial charge in [0.25, 0.3) is 0 Å². The second-order valence-electron chi connectivity index (χ2n) is 5.52. The summed E-state index contributed by atoms with van der Waals surface area (Å²) in [7, 11) is 0. The molecule has 0 radical (unpaired) electrons. The predicted octanol–water partition coefficient (Wildman–Crippen LogP) is 2.03. The fourth-order valence-corrected chi connectivity index (χ4v) is 2.96. The Labute approximate surface area is 118 Å². The third-order valence-corrected chi connectivity index (χ3v) is 3.91. The SMILES string of the molecule is Cc1cc(C)n(CCN2CCC[C@@H]2c2noc(C)n2)n1. The van der Waals surface area contributed by atoms with Crippen molar-refractivity contribution in [2.45, 2.75) is 46.2 Å². The topological polar surface area (TPSA) is 60.0 Å². The van der Waals surface area contributed by atoms with Crippen LogP contribution in [-0.4, -0.2) is 37.9 Å². The van der Waals surface area contributed by atoms with Gasteiger partial charge in [0.1, 0.15) is 0 Å². The molecular formula is C14H21N5O. The van der Waals surface area contributed by atoms with Gasteiger partial charge in [-0.05, 0) is 39.3 Å². The molecule has 3 rings (SSSR count). The summed E-state index contributed by atoms with van der Waals surface area (Å²) in [5.74, 6) is 1.47. The molecule has 6 heteroatoms. The molecule has 0 bridgehead atoms. The maximum atomic E-state index is 5.11. The van der Waals surface area contributed by atoms with E-state index in [0.29, 0.717) is 11.9 Å². The lowest BCUT2D eigenvalue weighted by atomic mass is 10.2. The van der Waals surface area contributed by atoms with Crippen LogP contribution in [0.3, 0.4) is 0 Å². The highest BCUT2D eigenvalue weighted by atomic mass is 16.5. The van der Waals surface area contributed by atoms with Gasteiger partial charge >= 0.3 is 0 Å². The average Bonchev–Trinajstić information content (AvgIpc) is 3.07. The van der Waals surface area contributed by atoms with Crippen LogP contribution in [0.15, 0.2) is 10.6 Å². The zero-order valence-electron chi connectivity index (χ0n) is 12.3. The van der Waals surface area contributed by atoms with Gasteiger partial charge in [-0.25, -0.2) is 0 Å². The molecule has 6 nitrogen and oxygen atoms in total. The molecule has 1 aliphatic rings. The molecule has 0 saturated carbocycles. The van der Waals surface area contributed by atoms with Gasteiger partial charge in [0, 0.05) is 19.2 Å². The van der Waals surface area contributed by atoms with Gasteiger partial charge in [0.15, 0.2) is 5.82 Å². The lowest BCUT2D eigenvalue weighted by molar-refractivity contribution is 0.229. The van der Waals surface area contributed by atoms with E-state index in [1.54, 1.807) is 0 Å². The smallest absolute Gasteiger partial charge is 0.223 e. The van der Waals surface area contributed by atoms with Crippen LogP contribution in [0.25, 0.3) is 0 Å². The molecule has 1 aliphatic heterocycles. The highest BCUT2D eigenvalue weighted by molar-refractivity contribution is 5.06. The Balaban J connectivity index is 1.66. The fourth-order valence-electron chi connectivity index (χ4n) is 2.96. The fraction of sp³-hybridized carbons (Fsp3) is 0.643. The van der Waals surface area contributed by atoms with Crippen molar-refractivity contribution in [1.82, 2.24) is 24.8 Å². The van der Waals surface area contributed by atoms with Gasteiger partial charge < -0.3 is 4.52 Å². The maximum Gasteiger partial charge on any atom is 0.223 e.